The Morgan fingerprint density at radius 1 is 1.11 bits per heavy atom. The number of rotatable bonds is 6. The van der Waals surface area contributed by atoms with E-state index in [4.69, 9.17) is 4.74 Å². The fourth-order valence-corrected chi connectivity index (χ4v) is 3.21. The van der Waals surface area contributed by atoms with E-state index in [1.54, 1.807) is 48.7 Å². The Bertz CT molecular complexity index is 977. The number of anilines is 1. The molecule has 27 heavy (non-hydrogen) atoms. The Kier molecular flexibility index (Phi) is 5.68. The number of aromatic nitrogens is 1. The van der Waals surface area contributed by atoms with Gasteiger partial charge in [-0.25, -0.2) is 4.98 Å². The van der Waals surface area contributed by atoms with Crippen molar-refractivity contribution >= 4 is 29.0 Å². The van der Waals surface area contributed by atoms with Gasteiger partial charge in [-0.1, -0.05) is 23.9 Å². The number of ether oxygens (including phenoxy) is 1. The van der Waals surface area contributed by atoms with Crippen molar-refractivity contribution in [3.63, 3.8) is 0 Å². The number of non-ortho nitro benzene ring substituents is 1. The minimum Gasteiger partial charge on any atom is -0.495 e. The van der Waals surface area contributed by atoms with Gasteiger partial charge >= 0.3 is 0 Å². The summed E-state index contributed by atoms with van der Waals surface area (Å²) in [6, 6.07) is 16.5. The van der Waals surface area contributed by atoms with Crippen LogP contribution in [0.25, 0.3) is 0 Å². The number of carbonyl (C=O) groups is 1. The largest absolute Gasteiger partial charge is 0.495 e. The van der Waals surface area contributed by atoms with Gasteiger partial charge in [-0.3, -0.25) is 14.9 Å². The van der Waals surface area contributed by atoms with Crippen LogP contribution in [-0.4, -0.2) is 22.9 Å². The zero-order valence-electron chi connectivity index (χ0n) is 14.3. The molecule has 0 saturated heterocycles. The average Bonchev–Trinajstić information content (AvgIpc) is 2.69. The molecule has 3 rings (SSSR count). The summed E-state index contributed by atoms with van der Waals surface area (Å²) in [5.41, 5.74) is 0.960. The quantitative estimate of drug-likeness (QED) is 0.502. The highest BCUT2D eigenvalue weighted by molar-refractivity contribution is 7.99. The predicted molar refractivity (Wildman–Crippen MR) is 102 cm³/mol. The van der Waals surface area contributed by atoms with Gasteiger partial charge in [0.1, 0.15) is 10.8 Å². The molecule has 8 heteroatoms. The molecule has 0 aliphatic heterocycles. The highest BCUT2D eigenvalue weighted by Crippen LogP contribution is 2.31. The van der Waals surface area contributed by atoms with Gasteiger partial charge in [0.25, 0.3) is 11.6 Å². The summed E-state index contributed by atoms with van der Waals surface area (Å²) in [5, 5.41) is 14.1. The van der Waals surface area contributed by atoms with Gasteiger partial charge in [0.05, 0.1) is 23.3 Å². The highest BCUT2D eigenvalue weighted by Gasteiger charge is 2.16. The van der Waals surface area contributed by atoms with Crippen molar-refractivity contribution in [2.45, 2.75) is 9.92 Å². The fourth-order valence-electron chi connectivity index (χ4n) is 2.33. The molecule has 0 fully saturated rings. The van der Waals surface area contributed by atoms with Crippen LogP contribution in [0.1, 0.15) is 10.4 Å². The summed E-state index contributed by atoms with van der Waals surface area (Å²) in [6.45, 7) is 0. The predicted octanol–water partition coefficient (Wildman–Crippen LogP) is 4.40. The summed E-state index contributed by atoms with van der Waals surface area (Å²) in [4.78, 5) is 28.0. The first-order chi connectivity index (χ1) is 13.1. The summed E-state index contributed by atoms with van der Waals surface area (Å²) >= 11 is 1.26. The molecular formula is C19H15N3O4S. The van der Waals surface area contributed by atoms with E-state index in [9.17, 15) is 14.9 Å². The Labute approximate surface area is 159 Å². The van der Waals surface area contributed by atoms with Crippen LogP contribution >= 0.6 is 11.8 Å². The molecule has 3 aromatic rings. The van der Waals surface area contributed by atoms with Crippen molar-refractivity contribution in [3.05, 3.63) is 82.5 Å². The number of amides is 1. The lowest BCUT2D eigenvalue weighted by molar-refractivity contribution is -0.384. The number of nitrogens with one attached hydrogen (secondary N) is 1. The first kappa shape index (κ1) is 18.4. The topological polar surface area (TPSA) is 94.4 Å². The Morgan fingerprint density at radius 2 is 1.85 bits per heavy atom. The molecule has 1 amide bonds. The van der Waals surface area contributed by atoms with Gasteiger partial charge in [0.15, 0.2) is 0 Å². The lowest BCUT2D eigenvalue weighted by Gasteiger charge is -2.11. The number of hydrogen-bond acceptors (Lipinski definition) is 6. The van der Waals surface area contributed by atoms with E-state index >= 15 is 0 Å². The molecule has 1 N–H and O–H groups in total. The number of benzene rings is 2. The molecule has 1 heterocycles. The van der Waals surface area contributed by atoms with Crippen molar-refractivity contribution in [2.75, 3.05) is 12.4 Å². The van der Waals surface area contributed by atoms with E-state index in [2.05, 4.69) is 10.3 Å². The monoisotopic (exact) mass is 381 g/mol. The number of methoxy groups -OCH3 is 1. The second kappa shape index (κ2) is 8.33. The maximum absolute atomic E-state index is 12.7. The molecule has 1 aromatic heterocycles. The van der Waals surface area contributed by atoms with Gasteiger partial charge in [-0.15, -0.1) is 0 Å². The summed E-state index contributed by atoms with van der Waals surface area (Å²) < 4.78 is 5.25. The molecule has 7 nitrogen and oxygen atoms in total. The number of nitrogens with zero attached hydrogens (tertiary/aromatic N) is 2. The Morgan fingerprint density at radius 3 is 2.56 bits per heavy atom. The van der Waals surface area contributed by atoms with Crippen molar-refractivity contribution in [1.29, 1.82) is 0 Å². The zero-order valence-corrected chi connectivity index (χ0v) is 15.1. The standard InChI is InChI=1S/C19H15N3O4S/c1-26-17-7-3-2-6-16(17)21-18(23)15-5-4-12-20-19(15)27-14-10-8-13(9-11-14)22(24)25/h2-12H,1H3,(H,21,23). The molecule has 0 bridgehead atoms. The smallest absolute Gasteiger partial charge is 0.269 e. The summed E-state index contributed by atoms with van der Waals surface area (Å²) in [7, 11) is 1.53. The third-order valence-electron chi connectivity index (χ3n) is 3.63. The molecule has 0 spiro atoms. The van der Waals surface area contributed by atoms with E-state index in [0.717, 1.165) is 4.90 Å². The van der Waals surface area contributed by atoms with E-state index < -0.39 is 4.92 Å². The molecule has 0 aliphatic carbocycles. The molecular weight excluding hydrogens is 366 g/mol. The average molecular weight is 381 g/mol. The number of pyridine rings is 1. The number of carbonyl (C=O) groups excluding carboxylic acids is 1. The van der Waals surface area contributed by atoms with Crippen LogP contribution in [0.3, 0.4) is 0 Å². The van der Waals surface area contributed by atoms with Crippen LogP contribution in [0.15, 0.2) is 76.8 Å². The fraction of sp³-hybridized carbons (Fsp3) is 0.0526. The van der Waals surface area contributed by atoms with Crippen LogP contribution in [0.4, 0.5) is 11.4 Å². The zero-order chi connectivity index (χ0) is 19.2. The van der Waals surface area contributed by atoms with Crippen molar-refractivity contribution in [1.82, 2.24) is 4.98 Å². The minimum atomic E-state index is -0.457. The molecule has 136 valence electrons. The van der Waals surface area contributed by atoms with Gasteiger partial charge in [0.2, 0.25) is 0 Å². The van der Waals surface area contributed by atoms with Gasteiger partial charge in [-0.05, 0) is 36.4 Å². The third kappa shape index (κ3) is 4.42. The van der Waals surface area contributed by atoms with E-state index in [0.29, 0.717) is 22.0 Å². The van der Waals surface area contributed by atoms with E-state index in [1.807, 2.05) is 6.07 Å². The molecule has 0 aliphatic rings. The van der Waals surface area contributed by atoms with Crippen LogP contribution in [0.5, 0.6) is 5.75 Å². The summed E-state index contributed by atoms with van der Waals surface area (Å²) in [6.07, 6.45) is 1.59. The van der Waals surface area contributed by atoms with Gasteiger partial charge < -0.3 is 10.1 Å². The molecule has 0 unspecified atom stereocenters. The van der Waals surface area contributed by atoms with E-state index in [1.165, 1.54) is 31.0 Å². The van der Waals surface area contributed by atoms with Crippen molar-refractivity contribution < 1.29 is 14.5 Å². The maximum atomic E-state index is 12.7. The van der Waals surface area contributed by atoms with Gasteiger partial charge in [-0.2, -0.15) is 0 Å². The van der Waals surface area contributed by atoms with Crippen LogP contribution in [0, 0.1) is 10.1 Å². The third-order valence-corrected chi connectivity index (χ3v) is 4.66. The minimum absolute atomic E-state index is 0.00881. The SMILES string of the molecule is COc1ccccc1NC(=O)c1cccnc1Sc1ccc([N+](=O)[O-])cc1. The lowest BCUT2D eigenvalue weighted by Crippen LogP contribution is -2.14. The number of nitro groups is 1. The molecule has 0 radical (unpaired) electrons. The van der Waals surface area contributed by atoms with Crippen LogP contribution in [-0.2, 0) is 0 Å². The second-order valence-corrected chi connectivity index (χ2v) is 6.43. The Hall–Kier alpha value is -3.39. The van der Waals surface area contributed by atoms with E-state index in [-0.39, 0.29) is 11.6 Å². The lowest BCUT2D eigenvalue weighted by atomic mass is 10.2. The number of para-hydroxylation sites is 2. The normalized spacial score (nSPS) is 10.3. The summed E-state index contributed by atoms with van der Waals surface area (Å²) in [5.74, 6) is 0.233. The van der Waals surface area contributed by atoms with Crippen molar-refractivity contribution in [3.8, 4) is 5.75 Å². The van der Waals surface area contributed by atoms with Gasteiger partial charge in [0, 0.05) is 23.2 Å². The number of hydrogen-bond donors (Lipinski definition) is 1. The molecule has 0 saturated carbocycles. The Balaban J connectivity index is 1.83. The second-order valence-electron chi connectivity index (χ2n) is 5.36. The maximum Gasteiger partial charge on any atom is 0.269 e. The number of nitro benzene ring substituents is 1. The molecule has 0 atom stereocenters. The molecule has 2 aromatic carbocycles. The first-order valence-corrected chi connectivity index (χ1v) is 8.72. The van der Waals surface area contributed by atoms with Crippen molar-refractivity contribution in [2.24, 2.45) is 0 Å². The first-order valence-electron chi connectivity index (χ1n) is 7.90. The highest BCUT2D eigenvalue weighted by atomic mass is 32.2. The van der Waals surface area contributed by atoms with Crippen LogP contribution < -0.4 is 10.1 Å². The van der Waals surface area contributed by atoms with Crippen LogP contribution in [0.2, 0.25) is 0 Å².